The van der Waals surface area contributed by atoms with Crippen LogP contribution in [0.15, 0.2) is 18.2 Å². The highest BCUT2D eigenvalue weighted by molar-refractivity contribution is 6.00. The van der Waals surface area contributed by atoms with Gasteiger partial charge in [0.05, 0.1) is 12.5 Å². The molecule has 1 unspecified atom stereocenters. The van der Waals surface area contributed by atoms with Crippen LogP contribution < -0.4 is 11.1 Å². The lowest BCUT2D eigenvalue weighted by molar-refractivity contribution is -0.118. The molecule has 1 aliphatic carbocycles. The van der Waals surface area contributed by atoms with Crippen LogP contribution in [0.5, 0.6) is 0 Å². The lowest BCUT2D eigenvalue weighted by Gasteiger charge is -2.17. The van der Waals surface area contributed by atoms with E-state index in [1.54, 1.807) is 6.07 Å². The van der Waals surface area contributed by atoms with E-state index in [1.165, 1.54) is 7.11 Å². The van der Waals surface area contributed by atoms with Crippen molar-refractivity contribution in [2.24, 2.45) is 5.73 Å². The number of Topliss-reactive ketones (excluding diaryl/α,β-unsaturated/α-hetero) is 1. The number of amides is 1. The number of fused-ring (bicyclic) bond motifs is 1. The van der Waals surface area contributed by atoms with Gasteiger partial charge in [-0.15, -0.1) is 0 Å². The number of anilines is 1. The number of benzene rings is 1. The Labute approximate surface area is 118 Å². The number of nitrogens with two attached hydrogens (primary N) is 1. The number of ketones is 1. The molecule has 0 spiro atoms. The third kappa shape index (κ3) is 3.43. The van der Waals surface area contributed by atoms with Crippen molar-refractivity contribution < 1.29 is 14.3 Å². The van der Waals surface area contributed by atoms with Crippen molar-refractivity contribution in [1.29, 1.82) is 0 Å². The number of carbonyl (C=O) groups is 2. The van der Waals surface area contributed by atoms with E-state index in [4.69, 9.17) is 10.5 Å². The van der Waals surface area contributed by atoms with Crippen LogP contribution in [-0.4, -0.2) is 31.4 Å². The lowest BCUT2D eigenvalue weighted by Crippen LogP contribution is -2.28. The van der Waals surface area contributed by atoms with Gasteiger partial charge in [-0.2, -0.15) is 0 Å². The van der Waals surface area contributed by atoms with Crippen LogP contribution in [0, 0.1) is 0 Å². The summed E-state index contributed by atoms with van der Waals surface area (Å²) in [5.74, 6) is -0.00964. The Morgan fingerprint density at radius 2 is 2.25 bits per heavy atom. The quantitative estimate of drug-likeness (QED) is 0.854. The molecule has 0 heterocycles. The number of hydrogen-bond acceptors (Lipinski definition) is 4. The zero-order valence-corrected chi connectivity index (χ0v) is 11.6. The fraction of sp³-hybridized carbons (Fsp3) is 0.467. The maximum atomic E-state index is 11.9. The minimum Gasteiger partial charge on any atom is -0.380 e. The van der Waals surface area contributed by atoms with Crippen molar-refractivity contribution in [3.63, 3.8) is 0 Å². The maximum Gasteiger partial charge on any atom is 0.227 e. The van der Waals surface area contributed by atoms with Crippen LogP contribution in [0.3, 0.4) is 0 Å². The second-order valence-corrected chi connectivity index (χ2v) is 4.99. The summed E-state index contributed by atoms with van der Waals surface area (Å²) in [5, 5.41) is 2.78. The summed E-state index contributed by atoms with van der Waals surface area (Å²) >= 11 is 0. The standard InChI is InChI=1S/C15H20N2O3/c1-20-12(9-16)8-15(19)17-11-6-5-10-3-2-4-14(18)13(10)7-11/h5-7,12H,2-4,8-9,16H2,1H3,(H,17,19). The van der Waals surface area contributed by atoms with E-state index in [0.29, 0.717) is 18.7 Å². The molecule has 0 fully saturated rings. The van der Waals surface area contributed by atoms with E-state index in [9.17, 15) is 9.59 Å². The van der Waals surface area contributed by atoms with Gasteiger partial charge in [-0.05, 0) is 30.5 Å². The topological polar surface area (TPSA) is 81.4 Å². The monoisotopic (exact) mass is 276 g/mol. The number of methoxy groups -OCH3 is 1. The van der Waals surface area contributed by atoms with Crippen LogP contribution in [0.25, 0.3) is 0 Å². The summed E-state index contributed by atoms with van der Waals surface area (Å²) in [6.07, 6.45) is 2.34. The van der Waals surface area contributed by atoms with E-state index >= 15 is 0 Å². The molecule has 0 aliphatic heterocycles. The molecule has 5 heteroatoms. The number of ether oxygens (including phenoxy) is 1. The van der Waals surface area contributed by atoms with Gasteiger partial charge in [0, 0.05) is 31.3 Å². The molecule has 108 valence electrons. The van der Waals surface area contributed by atoms with Crippen molar-refractivity contribution >= 4 is 17.4 Å². The molecule has 5 nitrogen and oxygen atoms in total. The molecule has 1 amide bonds. The number of hydrogen-bond donors (Lipinski definition) is 2. The van der Waals surface area contributed by atoms with Gasteiger partial charge in [-0.25, -0.2) is 0 Å². The van der Waals surface area contributed by atoms with Gasteiger partial charge in [0.25, 0.3) is 0 Å². The van der Waals surface area contributed by atoms with Crippen LogP contribution >= 0.6 is 0 Å². The summed E-state index contributed by atoms with van der Waals surface area (Å²) in [6, 6.07) is 5.51. The van der Waals surface area contributed by atoms with Crippen molar-refractivity contribution in [1.82, 2.24) is 0 Å². The van der Waals surface area contributed by atoms with Crippen LogP contribution in [0.1, 0.15) is 35.2 Å². The Bertz CT molecular complexity index is 510. The summed E-state index contributed by atoms with van der Waals surface area (Å²) in [7, 11) is 1.53. The number of aryl methyl sites for hydroxylation is 1. The zero-order chi connectivity index (χ0) is 14.5. The van der Waals surface area contributed by atoms with Gasteiger partial charge in [0.2, 0.25) is 5.91 Å². The first kappa shape index (κ1) is 14.7. The van der Waals surface area contributed by atoms with Crippen molar-refractivity contribution in [2.75, 3.05) is 19.0 Å². The third-order valence-corrected chi connectivity index (χ3v) is 3.55. The predicted octanol–water partition coefficient (Wildman–Crippen LogP) is 1.51. The number of carbonyl (C=O) groups excluding carboxylic acids is 2. The van der Waals surface area contributed by atoms with Crippen molar-refractivity contribution in [3.8, 4) is 0 Å². The highest BCUT2D eigenvalue weighted by atomic mass is 16.5. The largest absolute Gasteiger partial charge is 0.380 e. The molecular formula is C15H20N2O3. The molecule has 0 radical (unpaired) electrons. The molecule has 0 saturated heterocycles. The first-order valence-corrected chi connectivity index (χ1v) is 6.83. The fourth-order valence-corrected chi connectivity index (χ4v) is 2.39. The lowest BCUT2D eigenvalue weighted by atomic mass is 9.90. The predicted molar refractivity (Wildman–Crippen MR) is 76.8 cm³/mol. The molecule has 3 N–H and O–H groups in total. The Morgan fingerprint density at radius 3 is 2.95 bits per heavy atom. The normalized spacial score (nSPS) is 15.6. The zero-order valence-electron chi connectivity index (χ0n) is 11.6. The second-order valence-electron chi connectivity index (χ2n) is 4.99. The highest BCUT2D eigenvalue weighted by Gasteiger charge is 2.18. The van der Waals surface area contributed by atoms with Gasteiger partial charge in [-0.3, -0.25) is 9.59 Å². The fourth-order valence-electron chi connectivity index (χ4n) is 2.39. The smallest absolute Gasteiger partial charge is 0.227 e. The van der Waals surface area contributed by atoms with E-state index in [-0.39, 0.29) is 24.2 Å². The summed E-state index contributed by atoms with van der Waals surface area (Å²) in [5.41, 5.74) is 7.93. The molecule has 0 aromatic heterocycles. The van der Waals surface area contributed by atoms with Crippen LogP contribution in [0.4, 0.5) is 5.69 Å². The summed E-state index contributed by atoms with van der Waals surface area (Å²) in [6.45, 7) is 0.298. The minimum atomic E-state index is -0.283. The first-order chi connectivity index (χ1) is 9.63. The van der Waals surface area contributed by atoms with Gasteiger partial charge in [0.1, 0.15) is 0 Å². The Kier molecular flexibility index (Phi) is 4.87. The van der Waals surface area contributed by atoms with E-state index in [2.05, 4.69) is 5.32 Å². The van der Waals surface area contributed by atoms with Gasteiger partial charge < -0.3 is 15.8 Å². The number of rotatable bonds is 5. The van der Waals surface area contributed by atoms with Crippen LogP contribution in [0.2, 0.25) is 0 Å². The minimum absolute atomic E-state index is 0.152. The molecule has 1 aliphatic rings. The van der Waals surface area contributed by atoms with Crippen LogP contribution in [-0.2, 0) is 16.0 Å². The summed E-state index contributed by atoms with van der Waals surface area (Å²) in [4.78, 5) is 23.7. The highest BCUT2D eigenvalue weighted by Crippen LogP contribution is 2.24. The molecule has 0 saturated carbocycles. The molecule has 20 heavy (non-hydrogen) atoms. The Morgan fingerprint density at radius 1 is 1.45 bits per heavy atom. The molecular weight excluding hydrogens is 256 g/mol. The van der Waals surface area contributed by atoms with E-state index in [1.807, 2.05) is 12.1 Å². The average Bonchev–Trinajstić information content (AvgIpc) is 2.45. The Hall–Kier alpha value is -1.72. The molecule has 1 atom stereocenters. The van der Waals surface area contributed by atoms with Gasteiger partial charge in [0.15, 0.2) is 5.78 Å². The van der Waals surface area contributed by atoms with Gasteiger partial charge in [-0.1, -0.05) is 6.07 Å². The molecule has 2 rings (SSSR count). The summed E-state index contributed by atoms with van der Waals surface area (Å²) < 4.78 is 5.08. The SMILES string of the molecule is COC(CN)CC(=O)Nc1ccc2c(c1)C(=O)CCC2. The maximum absolute atomic E-state index is 11.9. The van der Waals surface area contributed by atoms with E-state index < -0.39 is 0 Å². The van der Waals surface area contributed by atoms with Gasteiger partial charge >= 0.3 is 0 Å². The Balaban J connectivity index is 2.05. The first-order valence-electron chi connectivity index (χ1n) is 6.83. The molecule has 1 aromatic rings. The second kappa shape index (κ2) is 6.63. The average molecular weight is 276 g/mol. The number of nitrogens with one attached hydrogen (secondary N) is 1. The molecule has 1 aromatic carbocycles. The van der Waals surface area contributed by atoms with E-state index in [0.717, 1.165) is 24.0 Å². The third-order valence-electron chi connectivity index (χ3n) is 3.55. The van der Waals surface area contributed by atoms with Crippen molar-refractivity contribution in [2.45, 2.75) is 31.8 Å². The molecule has 0 bridgehead atoms. The van der Waals surface area contributed by atoms with Crippen molar-refractivity contribution in [3.05, 3.63) is 29.3 Å².